The molecule has 2 unspecified atom stereocenters. The summed E-state index contributed by atoms with van der Waals surface area (Å²) in [7, 11) is 0. The molecule has 4 nitrogen and oxygen atoms in total. The Morgan fingerprint density at radius 2 is 2.40 bits per heavy atom. The fraction of sp³-hybridized carbons (Fsp3) is 0.636. The van der Waals surface area contributed by atoms with Gasteiger partial charge in [-0.1, -0.05) is 0 Å². The van der Waals surface area contributed by atoms with E-state index in [0.29, 0.717) is 6.54 Å². The minimum Gasteiger partial charge on any atom is -0.468 e. The van der Waals surface area contributed by atoms with Crippen LogP contribution in [0.5, 0.6) is 0 Å². The van der Waals surface area contributed by atoms with E-state index in [1.54, 1.807) is 6.26 Å². The quantitative estimate of drug-likeness (QED) is 0.802. The van der Waals surface area contributed by atoms with E-state index in [9.17, 15) is 0 Å². The van der Waals surface area contributed by atoms with Gasteiger partial charge < -0.3 is 14.9 Å². The summed E-state index contributed by atoms with van der Waals surface area (Å²) in [5.74, 6) is 1.000. The molecule has 0 aromatic carbocycles. The maximum absolute atomic E-state index is 5.69. The summed E-state index contributed by atoms with van der Waals surface area (Å²) < 4.78 is 11.0. The lowest BCUT2D eigenvalue weighted by molar-refractivity contribution is -0.0758. The van der Waals surface area contributed by atoms with Crippen LogP contribution in [0, 0.1) is 0 Å². The van der Waals surface area contributed by atoms with Crippen molar-refractivity contribution in [3.8, 4) is 0 Å². The van der Waals surface area contributed by atoms with E-state index in [0.717, 1.165) is 25.4 Å². The van der Waals surface area contributed by atoms with Gasteiger partial charge in [-0.25, -0.2) is 0 Å². The summed E-state index contributed by atoms with van der Waals surface area (Å²) >= 11 is 0. The van der Waals surface area contributed by atoms with Gasteiger partial charge in [0.2, 0.25) is 0 Å². The lowest BCUT2D eigenvalue weighted by Crippen LogP contribution is -2.48. The zero-order valence-electron chi connectivity index (χ0n) is 9.06. The van der Waals surface area contributed by atoms with Gasteiger partial charge in [0.1, 0.15) is 5.76 Å². The monoisotopic (exact) mass is 210 g/mol. The zero-order valence-corrected chi connectivity index (χ0v) is 9.06. The molecule has 2 N–H and O–H groups in total. The van der Waals surface area contributed by atoms with E-state index >= 15 is 0 Å². The number of morpholine rings is 1. The average molecular weight is 210 g/mol. The molecule has 0 saturated carbocycles. The first-order valence-electron chi connectivity index (χ1n) is 5.38. The van der Waals surface area contributed by atoms with Crippen molar-refractivity contribution in [2.45, 2.75) is 25.7 Å². The fourth-order valence-corrected chi connectivity index (χ4v) is 2.02. The molecular formula is C11H18N2O2. The number of hydrogen-bond donors (Lipinski definition) is 1. The van der Waals surface area contributed by atoms with Crippen LogP contribution in [0.4, 0.5) is 0 Å². The predicted octanol–water partition coefficient (Wildman–Crippen LogP) is 0.828. The van der Waals surface area contributed by atoms with Crippen molar-refractivity contribution in [3.05, 3.63) is 24.2 Å². The summed E-state index contributed by atoms with van der Waals surface area (Å²) in [5, 5.41) is 0. The fourth-order valence-electron chi connectivity index (χ4n) is 2.02. The van der Waals surface area contributed by atoms with Crippen molar-refractivity contribution >= 4 is 0 Å². The number of nitrogens with two attached hydrogens (primary N) is 1. The molecule has 0 aliphatic carbocycles. The Labute approximate surface area is 90.0 Å². The Hall–Kier alpha value is -0.840. The Morgan fingerprint density at radius 3 is 3.07 bits per heavy atom. The number of furan rings is 1. The lowest BCUT2D eigenvalue weighted by Gasteiger charge is -2.35. The molecule has 2 heterocycles. The summed E-state index contributed by atoms with van der Waals surface area (Å²) in [6.45, 7) is 5.34. The molecule has 4 heteroatoms. The topological polar surface area (TPSA) is 51.6 Å². The van der Waals surface area contributed by atoms with Crippen LogP contribution in [0.25, 0.3) is 0 Å². The lowest BCUT2D eigenvalue weighted by atomic mass is 10.2. The molecule has 0 spiro atoms. The van der Waals surface area contributed by atoms with Crippen LogP contribution in [0.15, 0.2) is 22.8 Å². The highest BCUT2D eigenvalue weighted by Gasteiger charge is 2.24. The molecule has 1 aromatic heterocycles. The van der Waals surface area contributed by atoms with Gasteiger partial charge in [0.15, 0.2) is 0 Å². The maximum Gasteiger partial charge on any atom is 0.117 e. The van der Waals surface area contributed by atoms with Crippen molar-refractivity contribution in [2.75, 3.05) is 19.6 Å². The largest absolute Gasteiger partial charge is 0.468 e. The molecule has 2 rings (SSSR count). The first kappa shape index (κ1) is 10.7. The molecule has 0 radical (unpaired) electrons. The van der Waals surface area contributed by atoms with Gasteiger partial charge in [-0.2, -0.15) is 0 Å². The molecule has 1 saturated heterocycles. The third-order valence-electron chi connectivity index (χ3n) is 2.62. The van der Waals surface area contributed by atoms with Crippen LogP contribution in [-0.4, -0.2) is 36.7 Å². The SMILES string of the molecule is CC1CN(Cc2ccco2)CC(CN)O1. The molecule has 0 amide bonds. The van der Waals surface area contributed by atoms with E-state index in [4.69, 9.17) is 14.9 Å². The molecule has 2 atom stereocenters. The summed E-state index contributed by atoms with van der Waals surface area (Å²) in [4.78, 5) is 2.32. The zero-order chi connectivity index (χ0) is 10.7. The smallest absolute Gasteiger partial charge is 0.117 e. The standard InChI is InChI=1S/C11H18N2O2/c1-9-6-13(8-11(5-12)15-9)7-10-3-2-4-14-10/h2-4,9,11H,5-8,12H2,1H3. The van der Waals surface area contributed by atoms with Gasteiger partial charge in [0.05, 0.1) is 25.0 Å². The molecule has 0 bridgehead atoms. The second-order valence-electron chi connectivity index (χ2n) is 4.08. The first-order valence-corrected chi connectivity index (χ1v) is 5.38. The Morgan fingerprint density at radius 1 is 1.53 bits per heavy atom. The first-order chi connectivity index (χ1) is 7.28. The third-order valence-corrected chi connectivity index (χ3v) is 2.62. The highest BCUT2D eigenvalue weighted by molar-refractivity contribution is 4.98. The molecule has 1 aliphatic heterocycles. The van der Waals surface area contributed by atoms with E-state index in [2.05, 4.69) is 11.8 Å². The molecule has 1 aliphatic rings. The Bertz CT molecular complexity index is 287. The van der Waals surface area contributed by atoms with Crippen molar-refractivity contribution in [2.24, 2.45) is 5.73 Å². The molecule has 84 valence electrons. The van der Waals surface area contributed by atoms with Crippen LogP contribution in [0.2, 0.25) is 0 Å². The van der Waals surface area contributed by atoms with E-state index < -0.39 is 0 Å². The minimum atomic E-state index is 0.156. The van der Waals surface area contributed by atoms with Gasteiger partial charge in [-0.15, -0.1) is 0 Å². The highest BCUT2D eigenvalue weighted by Crippen LogP contribution is 2.13. The van der Waals surface area contributed by atoms with Crippen molar-refractivity contribution in [1.82, 2.24) is 4.90 Å². The molecule has 1 fully saturated rings. The van der Waals surface area contributed by atoms with Crippen LogP contribution >= 0.6 is 0 Å². The average Bonchev–Trinajstić information content (AvgIpc) is 2.69. The van der Waals surface area contributed by atoms with Crippen LogP contribution in [0.1, 0.15) is 12.7 Å². The second-order valence-corrected chi connectivity index (χ2v) is 4.08. The normalized spacial score (nSPS) is 28.1. The number of ether oxygens (including phenoxy) is 1. The van der Waals surface area contributed by atoms with Gasteiger partial charge in [-0.05, 0) is 19.1 Å². The minimum absolute atomic E-state index is 0.156. The number of rotatable bonds is 3. The molecule has 15 heavy (non-hydrogen) atoms. The summed E-state index contributed by atoms with van der Waals surface area (Å²) in [5.41, 5.74) is 5.63. The van der Waals surface area contributed by atoms with Gasteiger partial charge in [-0.3, -0.25) is 4.90 Å². The maximum atomic E-state index is 5.69. The second kappa shape index (κ2) is 4.79. The van der Waals surface area contributed by atoms with Gasteiger partial charge in [0, 0.05) is 19.6 Å². The predicted molar refractivity (Wildman–Crippen MR) is 57.4 cm³/mol. The Balaban J connectivity index is 1.91. The van der Waals surface area contributed by atoms with Gasteiger partial charge in [0.25, 0.3) is 0 Å². The molecular weight excluding hydrogens is 192 g/mol. The van der Waals surface area contributed by atoms with E-state index in [1.165, 1.54) is 0 Å². The van der Waals surface area contributed by atoms with Crippen molar-refractivity contribution < 1.29 is 9.15 Å². The Kier molecular flexibility index (Phi) is 3.41. The summed E-state index contributed by atoms with van der Waals surface area (Å²) in [6, 6.07) is 3.91. The number of hydrogen-bond acceptors (Lipinski definition) is 4. The highest BCUT2D eigenvalue weighted by atomic mass is 16.5. The summed E-state index contributed by atoms with van der Waals surface area (Å²) in [6.07, 6.45) is 2.12. The van der Waals surface area contributed by atoms with Crippen LogP contribution < -0.4 is 5.73 Å². The van der Waals surface area contributed by atoms with Crippen LogP contribution in [-0.2, 0) is 11.3 Å². The van der Waals surface area contributed by atoms with E-state index in [1.807, 2.05) is 12.1 Å². The van der Waals surface area contributed by atoms with Crippen LogP contribution in [0.3, 0.4) is 0 Å². The van der Waals surface area contributed by atoms with Crippen molar-refractivity contribution in [1.29, 1.82) is 0 Å². The third kappa shape index (κ3) is 2.81. The molecule has 1 aromatic rings. The van der Waals surface area contributed by atoms with Gasteiger partial charge >= 0.3 is 0 Å². The number of nitrogens with zero attached hydrogens (tertiary/aromatic N) is 1. The van der Waals surface area contributed by atoms with Crippen molar-refractivity contribution in [3.63, 3.8) is 0 Å². The van der Waals surface area contributed by atoms with E-state index in [-0.39, 0.29) is 12.2 Å².